The minimum atomic E-state index is -4.64. The van der Waals surface area contributed by atoms with Gasteiger partial charge in [-0.05, 0) is 54.5 Å². The van der Waals surface area contributed by atoms with Gasteiger partial charge in [0.05, 0.1) is 5.39 Å². The Hall–Kier alpha value is -2.97. The van der Waals surface area contributed by atoms with Gasteiger partial charge in [0.2, 0.25) is 5.91 Å². The smallest absolute Gasteiger partial charge is 0.382 e. The lowest BCUT2D eigenvalue weighted by Gasteiger charge is -2.10. The van der Waals surface area contributed by atoms with E-state index in [1.165, 1.54) is 12.1 Å². The highest BCUT2D eigenvalue weighted by atomic mass is 19.4. The van der Waals surface area contributed by atoms with Crippen LogP contribution in [0.2, 0.25) is 0 Å². The Bertz CT molecular complexity index is 1050. The molecule has 3 aromatic rings. The van der Waals surface area contributed by atoms with Crippen molar-refractivity contribution in [3.63, 3.8) is 0 Å². The molecule has 2 aromatic heterocycles. The maximum atomic E-state index is 13.3. The zero-order valence-electron chi connectivity index (χ0n) is 14.6. The number of carbonyl (C=O) groups is 1. The van der Waals surface area contributed by atoms with Crippen molar-refractivity contribution in [1.29, 1.82) is 0 Å². The van der Waals surface area contributed by atoms with Crippen LogP contribution in [-0.4, -0.2) is 20.7 Å². The second kappa shape index (κ2) is 6.57. The standard InChI is InChI=1S/C19H16F4N4O/c20-12-6-1-10(2-7-12)3-8-15(28)27-18-16(17(24)26-27)13(11-4-5-11)9-14(25-18)19(21,22)23/h1-2,6-7,9,11H,3-5,8H2,(H2,24,26). The molecule has 0 saturated heterocycles. The highest BCUT2D eigenvalue weighted by molar-refractivity contribution is 5.97. The number of benzene rings is 1. The van der Waals surface area contributed by atoms with Crippen molar-refractivity contribution in [3.8, 4) is 0 Å². The molecule has 9 heteroatoms. The molecule has 0 amide bonds. The van der Waals surface area contributed by atoms with Gasteiger partial charge in [0, 0.05) is 6.42 Å². The predicted octanol–water partition coefficient (Wildman–Crippen LogP) is 4.32. The topological polar surface area (TPSA) is 73.8 Å². The summed E-state index contributed by atoms with van der Waals surface area (Å²) < 4.78 is 53.7. The zero-order valence-corrected chi connectivity index (χ0v) is 14.6. The van der Waals surface area contributed by atoms with Gasteiger partial charge in [-0.25, -0.2) is 9.37 Å². The van der Waals surface area contributed by atoms with Crippen molar-refractivity contribution in [2.75, 3.05) is 5.73 Å². The summed E-state index contributed by atoms with van der Waals surface area (Å²) >= 11 is 0. The number of nitrogen functional groups attached to an aromatic ring is 1. The fourth-order valence-corrected chi connectivity index (χ4v) is 3.22. The Morgan fingerprint density at radius 1 is 1.21 bits per heavy atom. The van der Waals surface area contributed by atoms with Crippen molar-refractivity contribution in [2.45, 2.75) is 37.8 Å². The average molecular weight is 392 g/mol. The van der Waals surface area contributed by atoms with E-state index in [4.69, 9.17) is 5.73 Å². The summed E-state index contributed by atoms with van der Waals surface area (Å²) in [5, 5.41) is 4.28. The molecule has 0 unspecified atom stereocenters. The minimum Gasteiger partial charge on any atom is -0.382 e. The zero-order chi connectivity index (χ0) is 20.1. The highest BCUT2D eigenvalue weighted by Crippen LogP contribution is 2.45. The number of hydrogen-bond donors (Lipinski definition) is 1. The first-order valence-corrected chi connectivity index (χ1v) is 8.78. The van der Waals surface area contributed by atoms with Gasteiger partial charge in [-0.3, -0.25) is 4.79 Å². The van der Waals surface area contributed by atoms with E-state index in [1.54, 1.807) is 12.1 Å². The number of nitrogens with two attached hydrogens (primary N) is 1. The minimum absolute atomic E-state index is 0.00624. The second-order valence-corrected chi connectivity index (χ2v) is 6.88. The van der Waals surface area contributed by atoms with E-state index in [2.05, 4.69) is 10.1 Å². The van der Waals surface area contributed by atoms with E-state index in [0.29, 0.717) is 10.9 Å². The summed E-state index contributed by atoms with van der Waals surface area (Å²) in [7, 11) is 0. The van der Waals surface area contributed by atoms with Gasteiger partial charge < -0.3 is 5.73 Å². The summed E-state index contributed by atoms with van der Waals surface area (Å²) in [6.45, 7) is 0. The van der Waals surface area contributed by atoms with Gasteiger partial charge in [-0.2, -0.15) is 17.9 Å². The third-order valence-corrected chi connectivity index (χ3v) is 4.78. The number of hydrogen-bond acceptors (Lipinski definition) is 4. The van der Waals surface area contributed by atoms with Crippen LogP contribution < -0.4 is 5.73 Å². The molecule has 2 heterocycles. The van der Waals surface area contributed by atoms with E-state index < -0.39 is 23.6 Å². The fourth-order valence-electron chi connectivity index (χ4n) is 3.22. The molecule has 1 fully saturated rings. The Morgan fingerprint density at radius 3 is 2.50 bits per heavy atom. The summed E-state index contributed by atoms with van der Waals surface area (Å²) in [6, 6.07) is 6.65. The number of pyridine rings is 1. The molecular weight excluding hydrogens is 376 g/mol. The molecule has 1 saturated carbocycles. The van der Waals surface area contributed by atoms with Crippen LogP contribution in [-0.2, 0) is 12.6 Å². The molecular formula is C19H16F4N4O. The van der Waals surface area contributed by atoms with Crippen molar-refractivity contribution in [3.05, 3.63) is 53.0 Å². The number of fused-ring (bicyclic) bond motifs is 1. The Morgan fingerprint density at radius 2 is 1.89 bits per heavy atom. The summed E-state index contributed by atoms with van der Waals surface area (Å²) in [5.74, 6) is -0.953. The van der Waals surface area contributed by atoms with Gasteiger partial charge in [0.25, 0.3) is 0 Å². The van der Waals surface area contributed by atoms with E-state index in [-0.39, 0.29) is 30.2 Å². The van der Waals surface area contributed by atoms with E-state index in [9.17, 15) is 22.4 Å². The summed E-state index contributed by atoms with van der Waals surface area (Å²) in [4.78, 5) is 16.3. The van der Waals surface area contributed by atoms with E-state index in [1.807, 2.05) is 0 Å². The van der Waals surface area contributed by atoms with Gasteiger partial charge in [-0.15, -0.1) is 5.10 Å². The van der Waals surface area contributed by atoms with Gasteiger partial charge in [-0.1, -0.05) is 12.1 Å². The lowest BCUT2D eigenvalue weighted by Crippen LogP contribution is -2.16. The molecule has 0 spiro atoms. The van der Waals surface area contributed by atoms with Crippen LogP contribution >= 0.6 is 0 Å². The summed E-state index contributed by atoms with van der Waals surface area (Å²) in [6.07, 6.45) is -2.86. The molecule has 0 radical (unpaired) electrons. The largest absolute Gasteiger partial charge is 0.433 e. The number of rotatable bonds is 4. The van der Waals surface area contributed by atoms with Crippen LogP contribution in [0.4, 0.5) is 23.4 Å². The number of aromatic nitrogens is 3. The van der Waals surface area contributed by atoms with E-state index >= 15 is 0 Å². The molecule has 0 aliphatic heterocycles. The molecule has 28 heavy (non-hydrogen) atoms. The SMILES string of the molecule is Nc1nn(C(=O)CCc2ccc(F)cc2)c2nc(C(F)(F)F)cc(C3CC3)c12. The average Bonchev–Trinajstić information content (AvgIpc) is 3.43. The molecule has 0 atom stereocenters. The second-order valence-electron chi connectivity index (χ2n) is 6.88. The first kappa shape index (κ1) is 18.4. The molecule has 2 N–H and O–H groups in total. The lowest BCUT2D eigenvalue weighted by atomic mass is 10.1. The normalized spacial score (nSPS) is 14.6. The third-order valence-electron chi connectivity index (χ3n) is 4.78. The van der Waals surface area contributed by atoms with Crippen LogP contribution in [0.1, 0.15) is 46.8 Å². The number of halogens is 4. The number of carbonyl (C=O) groups excluding carboxylic acids is 1. The fraction of sp³-hybridized carbons (Fsp3) is 0.316. The molecule has 1 aliphatic rings. The third kappa shape index (κ3) is 3.44. The highest BCUT2D eigenvalue weighted by Gasteiger charge is 2.37. The van der Waals surface area contributed by atoms with Crippen LogP contribution in [0.3, 0.4) is 0 Å². The van der Waals surface area contributed by atoms with Crippen LogP contribution in [0.15, 0.2) is 30.3 Å². The lowest BCUT2D eigenvalue weighted by molar-refractivity contribution is -0.141. The van der Waals surface area contributed by atoms with Crippen molar-refractivity contribution in [2.24, 2.45) is 0 Å². The van der Waals surface area contributed by atoms with Gasteiger partial charge in [0.1, 0.15) is 11.5 Å². The first-order chi connectivity index (χ1) is 13.2. The maximum absolute atomic E-state index is 13.3. The first-order valence-electron chi connectivity index (χ1n) is 8.78. The summed E-state index contributed by atoms with van der Waals surface area (Å²) in [5.41, 5.74) is 5.85. The van der Waals surface area contributed by atoms with Crippen molar-refractivity contribution >= 4 is 22.8 Å². The molecule has 146 valence electrons. The maximum Gasteiger partial charge on any atom is 0.433 e. The Labute approximate surface area is 157 Å². The molecule has 0 bridgehead atoms. The van der Waals surface area contributed by atoms with Crippen LogP contribution in [0.5, 0.6) is 0 Å². The number of alkyl halides is 3. The van der Waals surface area contributed by atoms with Crippen molar-refractivity contribution < 1.29 is 22.4 Å². The number of nitrogens with zero attached hydrogens (tertiary/aromatic N) is 3. The van der Waals surface area contributed by atoms with Gasteiger partial charge in [0.15, 0.2) is 11.5 Å². The molecule has 4 rings (SSSR count). The van der Waals surface area contributed by atoms with Crippen LogP contribution in [0, 0.1) is 5.82 Å². The Balaban J connectivity index is 1.71. The van der Waals surface area contributed by atoms with Crippen molar-refractivity contribution in [1.82, 2.24) is 14.8 Å². The molecule has 5 nitrogen and oxygen atoms in total. The number of aryl methyl sites for hydroxylation is 1. The van der Waals surface area contributed by atoms with E-state index in [0.717, 1.165) is 29.2 Å². The Kier molecular flexibility index (Phi) is 4.32. The quantitative estimate of drug-likeness (QED) is 0.671. The molecule has 1 aliphatic carbocycles. The van der Waals surface area contributed by atoms with Gasteiger partial charge >= 0.3 is 6.18 Å². The predicted molar refractivity (Wildman–Crippen MR) is 94.3 cm³/mol. The number of anilines is 1. The molecule has 1 aromatic carbocycles. The van der Waals surface area contributed by atoms with Crippen LogP contribution in [0.25, 0.3) is 11.0 Å². The monoisotopic (exact) mass is 392 g/mol.